The summed E-state index contributed by atoms with van der Waals surface area (Å²) in [4.78, 5) is 26.2. The van der Waals surface area contributed by atoms with E-state index in [1.165, 1.54) is 0 Å². The van der Waals surface area contributed by atoms with Crippen molar-refractivity contribution < 1.29 is 14.3 Å². The fraction of sp³-hybridized carbons (Fsp3) is 0.556. The van der Waals surface area contributed by atoms with Crippen molar-refractivity contribution in [3.8, 4) is 0 Å². The van der Waals surface area contributed by atoms with Crippen LogP contribution < -0.4 is 5.32 Å². The Morgan fingerprint density at radius 1 is 1.26 bits per heavy atom. The average Bonchev–Trinajstić information content (AvgIpc) is 2.52. The number of aryl methyl sites for hydroxylation is 1. The molecule has 1 aliphatic carbocycles. The van der Waals surface area contributed by atoms with E-state index in [1.54, 1.807) is 0 Å². The lowest BCUT2D eigenvalue weighted by atomic mass is 9.90. The molecule has 124 valence electrons. The third kappa shape index (κ3) is 3.72. The van der Waals surface area contributed by atoms with Crippen molar-refractivity contribution in [3.63, 3.8) is 0 Å². The number of rotatable bonds is 3. The van der Waals surface area contributed by atoms with E-state index >= 15 is 0 Å². The number of morpholine rings is 1. The van der Waals surface area contributed by atoms with Crippen LogP contribution in [-0.2, 0) is 16.0 Å². The predicted molar refractivity (Wildman–Crippen MR) is 88.8 cm³/mol. The lowest BCUT2D eigenvalue weighted by Crippen LogP contribution is -2.49. The summed E-state index contributed by atoms with van der Waals surface area (Å²) in [5.41, 5.74) is 2.76. The Hall–Kier alpha value is -1.88. The SMILES string of the molecule is CC1CN(C(=O)CNc2ccc3c(c2)C(=O)CCC3)CC(C)O1. The van der Waals surface area contributed by atoms with Gasteiger partial charge in [-0.25, -0.2) is 0 Å². The first-order chi connectivity index (χ1) is 11.0. The minimum absolute atomic E-state index is 0.0658. The molecule has 23 heavy (non-hydrogen) atoms. The molecule has 1 N–H and O–H groups in total. The first kappa shape index (κ1) is 16.0. The van der Waals surface area contributed by atoms with Crippen molar-refractivity contribution in [3.05, 3.63) is 29.3 Å². The van der Waals surface area contributed by atoms with E-state index in [9.17, 15) is 9.59 Å². The minimum Gasteiger partial charge on any atom is -0.376 e. The molecular formula is C18H24N2O3. The van der Waals surface area contributed by atoms with Gasteiger partial charge in [-0.1, -0.05) is 6.07 Å². The molecule has 1 fully saturated rings. The van der Waals surface area contributed by atoms with Gasteiger partial charge in [0.15, 0.2) is 5.78 Å². The van der Waals surface area contributed by atoms with Crippen molar-refractivity contribution in [2.45, 2.75) is 45.3 Å². The van der Waals surface area contributed by atoms with Gasteiger partial charge in [0.05, 0.1) is 18.8 Å². The Morgan fingerprint density at radius 3 is 2.74 bits per heavy atom. The summed E-state index contributed by atoms with van der Waals surface area (Å²) in [6.07, 6.45) is 2.67. The maximum Gasteiger partial charge on any atom is 0.242 e. The number of anilines is 1. The molecule has 1 saturated heterocycles. The number of fused-ring (bicyclic) bond motifs is 1. The summed E-state index contributed by atoms with van der Waals surface area (Å²) in [7, 11) is 0. The zero-order chi connectivity index (χ0) is 16.4. The molecule has 1 aromatic carbocycles. The van der Waals surface area contributed by atoms with Crippen molar-refractivity contribution in [2.24, 2.45) is 0 Å². The maximum atomic E-state index is 12.4. The van der Waals surface area contributed by atoms with Crippen molar-refractivity contribution in [2.75, 3.05) is 25.0 Å². The standard InChI is InChI=1S/C18H24N2O3/c1-12-10-20(11-13(2)23-12)18(22)9-19-15-7-6-14-4-3-5-17(21)16(14)8-15/h6-8,12-13,19H,3-5,9-11H2,1-2H3. The second-order valence-corrected chi connectivity index (χ2v) is 6.56. The van der Waals surface area contributed by atoms with Crippen LogP contribution in [0.2, 0.25) is 0 Å². The summed E-state index contributed by atoms with van der Waals surface area (Å²) < 4.78 is 5.65. The molecule has 5 heteroatoms. The van der Waals surface area contributed by atoms with Crippen LogP contribution in [0.5, 0.6) is 0 Å². The first-order valence-corrected chi connectivity index (χ1v) is 8.36. The number of nitrogens with one attached hydrogen (secondary N) is 1. The summed E-state index contributed by atoms with van der Waals surface area (Å²) >= 11 is 0. The van der Waals surface area contributed by atoms with E-state index in [2.05, 4.69) is 5.32 Å². The second-order valence-electron chi connectivity index (χ2n) is 6.56. The maximum absolute atomic E-state index is 12.4. The van der Waals surface area contributed by atoms with Crippen LogP contribution in [0.1, 0.15) is 42.6 Å². The Balaban J connectivity index is 1.61. The molecular weight excluding hydrogens is 292 g/mol. The monoisotopic (exact) mass is 316 g/mol. The van der Waals surface area contributed by atoms with E-state index in [0.717, 1.165) is 29.7 Å². The smallest absolute Gasteiger partial charge is 0.242 e. The zero-order valence-electron chi connectivity index (χ0n) is 13.8. The molecule has 1 heterocycles. The van der Waals surface area contributed by atoms with Crippen LogP contribution in [-0.4, -0.2) is 48.4 Å². The van der Waals surface area contributed by atoms with Crippen molar-refractivity contribution >= 4 is 17.4 Å². The van der Waals surface area contributed by atoms with E-state index in [4.69, 9.17) is 4.74 Å². The van der Waals surface area contributed by atoms with E-state index in [-0.39, 0.29) is 30.4 Å². The molecule has 0 bridgehead atoms. The van der Waals surface area contributed by atoms with Gasteiger partial charge in [0.1, 0.15) is 0 Å². The lowest BCUT2D eigenvalue weighted by molar-refractivity contribution is -0.141. The Morgan fingerprint density at radius 2 is 2.00 bits per heavy atom. The molecule has 2 atom stereocenters. The van der Waals surface area contributed by atoms with E-state index < -0.39 is 0 Å². The van der Waals surface area contributed by atoms with Crippen LogP contribution in [0.3, 0.4) is 0 Å². The first-order valence-electron chi connectivity index (χ1n) is 8.36. The van der Waals surface area contributed by atoms with Crippen molar-refractivity contribution in [1.82, 2.24) is 4.90 Å². The quantitative estimate of drug-likeness (QED) is 0.929. The molecule has 0 aromatic heterocycles. The molecule has 0 spiro atoms. The third-order valence-corrected chi connectivity index (χ3v) is 4.48. The van der Waals surface area contributed by atoms with E-state index in [1.807, 2.05) is 36.9 Å². The van der Waals surface area contributed by atoms with Gasteiger partial charge < -0.3 is 15.0 Å². The Labute approximate surface area is 137 Å². The Bertz CT molecular complexity index is 604. The largest absolute Gasteiger partial charge is 0.376 e. The number of ether oxygens (including phenoxy) is 1. The predicted octanol–water partition coefficient (Wildman–Crippen LogP) is 2.25. The van der Waals surface area contributed by atoms with Gasteiger partial charge in [-0.05, 0) is 44.4 Å². The van der Waals surface area contributed by atoms with Crippen LogP contribution in [0.25, 0.3) is 0 Å². The lowest BCUT2D eigenvalue weighted by Gasteiger charge is -2.35. The fourth-order valence-corrected chi connectivity index (χ4v) is 3.41. The van der Waals surface area contributed by atoms with Gasteiger partial charge in [-0.15, -0.1) is 0 Å². The van der Waals surface area contributed by atoms with Crippen LogP contribution in [0, 0.1) is 0 Å². The number of carbonyl (C=O) groups is 2. The fourth-order valence-electron chi connectivity index (χ4n) is 3.41. The second kappa shape index (κ2) is 6.71. The number of nitrogens with zero attached hydrogens (tertiary/aromatic N) is 1. The van der Waals surface area contributed by atoms with Crippen LogP contribution >= 0.6 is 0 Å². The molecule has 0 radical (unpaired) electrons. The van der Waals surface area contributed by atoms with Gasteiger partial charge >= 0.3 is 0 Å². The van der Waals surface area contributed by atoms with E-state index in [0.29, 0.717) is 19.5 Å². The number of carbonyl (C=O) groups excluding carboxylic acids is 2. The molecule has 2 unspecified atom stereocenters. The normalized spacial score (nSPS) is 24.3. The molecule has 1 aromatic rings. The topological polar surface area (TPSA) is 58.6 Å². The van der Waals surface area contributed by atoms with Gasteiger partial charge in [0, 0.05) is 30.8 Å². The molecule has 3 rings (SSSR count). The number of Topliss-reactive ketones (excluding diaryl/α,β-unsaturated/α-hetero) is 1. The average molecular weight is 316 g/mol. The van der Waals surface area contributed by atoms with Crippen molar-refractivity contribution in [1.29, 1.82) is 0 Å². The highest BCUT2D eigenvalue weighted by Crippen LogP contribution is 2.24. The minimum atomic E-state index is 0.0658. The Kier molecular flexibility index (Phi) is 4.66. The summed E-state index contributed by atoms with van der Waals surface area (Å²) in [5, 5.41) is 3.16. The highest BCUT2D eigenvalue weighted by molar-refractivity contribution is 5.99. The molecule has 1 aliphatic heterocycles. The summed E-state index contributed by atoms with van der Waals surface area (Å²) in [6, 6.07) is 5.84. The summed E-state index contributed by atoms with van der Waals surface area (Å²) in [5.74, 6) is 0.271. The van der Waals surface area contributed by atoms with Gasteiger partial charge in [0.2, 0.25) is 5.91 Å². The van der Waals surface area contributed by atoms with Gasteiger partial charge in [-0.3, -0.25) is 9.59 Å². The highest BCUT2D eigenvalue weighted by atomic mass is 16.5. The summed E-state index contributed by atoms with van der Waals surface area (Å²) in [6.45, 7) is 5.48. The third-order valence-electron chi connectivity index (χ3n) is 4.48. The molecule has 1 amide bonds. The number of ketones is 1. The van der Waals surface area contributed by atoms with Gasteiger partial charge in [-0.2, -0.15) is 0 Å². The van der Waals surface area contributed by atoms with Crippen LogP contribution in [0.15, 0.2) is 18.2 Å². The highest BCUT2D eigenvalue weighted by Gasteiger charge is 2.25. The molecule has 5 nitrogen and oxygen atoms in total. The number of hydrogen-bond acceptors (Lipinski definition) is 4. The van der Waals surface area contributed by atoms with Gasteiger partial charge in [0.25, 0.3) is 0 Å². The number of amides is 1. The molecule has 2 aliphatic rings. The number of hydrogen-bond donors (Lipinski definition) is 1. The van der Waals surface area contributed by atoms with Crippen LogP contribution in [0.4, 0.5) is 5.69 Å². The molecule has 0 saturated carbocycles. The zero-order valence-corrected chi connectivity index (χ0v) is 13.8. The number of benzene rings is 1.